The van der Waals surface area contributed by atoms with Gasteiger partial charge in [-0.1, -0.05) is 18.2 Å². The Kier molecular flexibility index (Phi) is 4.56. The van der Waals surface area contributed by atoms with Crippen molar-refractivity contribution in [3.8, 4) is 0 Å². The number of halogens is 1. The van der Waals surface area contributed by atoms with E-state index in [0.717, 1.165) is 5.56 Å². The summed E-state index contributed by atoms with van der Waals surface area (Å²) in [6.45, 7) is 0.526. The summed E-state index contributed by atoms with van der Waals surface area (Å²) in [5.41, 5.74) is 0.642. The predicted octanol–water partition coefficient (Wildman–Crippen LogP) is 2.56. The molecule has 0 aliphatic rings. The van der Waals surface area contributed by atoms with Gasteiger partial charge in [-0.2, -0.15) is 0 Å². The molecule has 0 saturated heterocycles. The molecule has 3 rings (SSSR count). The van der Waals surface area contributed by atoms with Crippen LogP contribution >= 0.6 is 0 Å². The average Bonchev–Trinajstić information content (AvgIpc) is 3.05. The lowest BCUT2D eigenvalue weighted by Crippen LogP contribution is -2.22. The van der Waals surface area contributed by atoms with Crippen LogP contribution in [0.25, 0.3) is 0 Å². The predicted molar refractivity (Wildman–Crippen MR) is 86.1 cm³/mol. The van der Waals surface area contributed by atoms with Gasteiger partial charge in [0.2, 0.25) is 0 Å². The first-order chi connectivity index (χ1) is 11.6. The molecule has 0 unspecified atom stereocenters. The Balaban J connectivity index is 1.62. The second-order valence-electron chi connectivity index (χ2n) is 5.24. The van der Waals surface area contributed by atoms with Crippen molar-refractivity contribution in [2.75, 3.05) is 0 Å². The number of amides is 1. The van der Waals surface area contributed by atoms with Gasteiger partial charge in [-0.25, -0.2) is 4.39 Å². The summed E-state index contributed by atoms with van der Waals surface area (Å²) in [7, 11) is 0. The minimum Gasteiger partial charge on any atom is -0.454 e. The van der Waals surface area contributed by atoms with Gasteiger partial charge < -0.3 is 14.3 Å². The number of carbonyl (C=O) groups excluding carboxylic acids is 1. The van der Waals surface area contributed by atoms with Gasteiger partial charge in [0, 0.05) is 18.8 Å². The molecule has 2 heterocycles. The third kappa shape index (κ3) is 3.78. The lowest BCUT2D eigenvalue weighted by Gasteiger charge is -2.04. The van der Waals surface area contributed by atoms with E-state index in [1.165, 1.54) is 22.8 Å². The molecule has 0 atom stereocenters. The molecule has 1 N–H and O–H groups in total. The molecule has 6 heteroatoms. The van der Waals surface area contributed by atoms with E-state index >= 15 is 0 Å². The Morgan fingerprint density at radius 1 is 1.08 bits per heavy atom. The van der Waals surface area contributed by atoms with E-state index in [4.69, 9.17) is 4.42 Å². The zero-order valence-corrected chi connectivity index (χ0v) is 12.7. The van der Waals surface area contributed by atoms with E-state index in [0.29, 0.717) is 5.76 Å². The van der Waals surface area contributed by atoms with Crippen molar-refractivity contribution in [2.45, 2.75) is 13.1 Å². The van der Waals surface area contributed by atoms with Crippen molar-refractivity contribution in [3.63, 3.8) is 0 Å². The number of nitrogens with one attached hydrogen (secondary N) is 1. The Labute approximate surface area is 137 Å². The molecule has 0 aliphatic carbocycles. The van der Waals surface area contributed by atoms with Crippen molar-refractivity contribution >= 4 is 5.91 Å². The number of aromatic nitrogens is 1. The van der Waals surface area contributed by atoms with Gasteiger partial charge in [-0.3, -0.25) is 9.59 Å². The maximum absolute atomic E-state index is 12.8. The zero-order valence-electron chi connectivity index (χ0n) is 12.7. The number of hydrogen-bond acceptors (Lipinski definition) is 3. The maximum atomic E-state index is 12.8. The second-order valence-corrected chi connectivity index (χ2v) is 5.24. The van der Waals surface area contributed by atoms with Crippen molar-refractivity contribution in [2.24, 2.45) is 0 Å². The van der Waals surface area contributed by atoms with Crippen molar-refractivity contribution in [1.82, 2.24) is 9.88 Å². The number of pyridine rings is 1. The van der Waals surface area contributed by atoms with Crippen LogP contribution < -0.4 is 10.9 Å². The van der Waals surface area contributed by atoms with E-state index in [9.17, 15) is 14.0 Å². The lowest BCUT2D eigenvalue weighted by atomic mass is 10.2. The molecular formula is C18H15FN2O3. The molecule has 0 bridgehead atoms. The fourth-order valence-electron chi connectivity index (χ4n) is 2.22. The summed E-state index contributed by atoms with van der Waals surface area (Å²) in [5.74, 6) is -0.0192. The standard InChI is InChI=1S/C18H15FN2O3/c19-14-6-4-13(5-7-14)11-20-18(23)16-9-8-15(24-16)12-21-10-2-1-3-17(21)22/h1-10H,11-12H2,(H,20,23). The molecule has 0 fully saturated rings. The van der Waals surface area contributed by atoms with Crippen molar-refractivity contribution < 1.29 is 13.6 Å². The molecule has 0 spiro atoms. The first-order valence-corrected chi connectivity index (χ1v) is 7.38. The fourth-order valence-corrected chi connectivity index (χ4v) is 2.22. The molecule has 3 aromatic rings. The highest BCUT2D eigenvalue weighted by atomic mass is 19.1. The highest BCUT2D eigenvalue weighted by Gasteiger charge is 2.11. The topological polar surface area (TPSA) is 64.2 Å². The number of rotatable bonds is 5. The first-order valence-electron chi connectivity index (χ1n) is 7.38. The summed E-state index contributed by atoms with van der Waals surface area (Å²) in [6.07, 6.45) is 1.65. The van der Waals surface area contributed by atoms with Gasteiger partial charge in [-0.15, -0.1) is 0 Å². The van der Waals surface area contributed by atoms with Gasteiger partial charge in [-0.05, 0) is 35.9 Å². The van der Waals surface area contributed by atoms with E-state index in [1.807, 2.05) is 0 Å². The number of furan rings is 1. The van der Waals surface area contributed by atoms with E-state index in [-0.39, 0.29) is 36.1 Å². The largest absolute Gasteiger partial charge is 0.454 e. The molecule has 5 nitrogen and oxygen atoms in total. The van der Waals surface area contributed by atoms with Crippen LogP contribution in [0.3, 0.4) is 0 Å². The third-order valence-corrected chi connectivity index (χ3v) is 3.48. The highest BCUT2D eigenvalue weighted by Crippen LogP contribution is 2.10. The minimum absolute atomic E-state index is 0.142. The van der Waals surface area contributed by atoms with Crippen LogP contribution in [0.2, 0.25) is 0 Å². The summed E-state index contributed by atoms with van der Waals surface area (Å²) in [6, 6.07) is 14.0. The normalized spacial score (nSPS) is 10.5. The molecule has 0 aliphatic heterocycles. The SMILES string of the molecule is O=C(NCc1ccc(F)cc1)c1ccc(Cn2ccccc2=O)o1. The smallest absolute Gasteiger partial charge is 0.287 e. The number of benzene rings is 1. The lowest BCUT2D eigenvalue weighted by molar-refractivity contribution is 0.0921. The van der Waals surface area contributed by atoms with Gasteiger partial charge in [0.1, 0.15) is 11.6 Å². The van der Waals surface area contributed by atoms with Crippen LogP contribution in [0.5, 0.6) is 0 Å². The first kappa shape index (κ1) is 15.7. The van der Waals surface area contributed by atoms with Crippen LogP contribution in [0.15, 0.2) is 70.0 Å². The third-order valence-electron chi connectivity index (χ3n) is 3.48. The maximum Gasteiger partial charge on any atom is 0.287 e. The van der Waals surface area contributed by atoms with E-state index < -0.39 is 0 Å². The molecule has 122 valence electrons. The van der Waals surface area contributed by atoms with Gasteiger partial charge in [0.15, 0.2) is 5.76 Å². The van der Waals surface area contributed by atoms with Crippen LogP contribution in [0, 0.1) is 5.82 Å². The Morgan fingerprint density at radius 3 is 2.62 bits per heavy atom. The molecule has 0 radical (unpaired) electrons. The Bertz CT molecular complexity index is 897. The van der Waals surface area contributed by atoms with Gasteiger partial charge in [0.25, 0.3) is 11.5 Å². The number of carbonyl (C=O) groups is 1. The molecular weight excluding hydrogens is 311 g/mol. The highest BCUT2D eigenvalue weighted by molar-refractivity contribution is 5.91. The Morgan fingerprint density at radius 2 is 1.88 bits per heavy atom. The van der Waals surface area contributed by atoms with Crippen LogP contribution in [-0.4, -0.2) is 10.5 Å². The average molecular weight is 326 g/mol. The molecule has 24 heavy (non-hydrogen) atoms. The van der Waals surface area contributed by atoms with Crippen LogP contribution in [0.4, 0.5) is 4.39 Å². The van der Waals surface area contributed by atoms with Crippen LogP contribution in [0.1, 0.15) is 21.9 Å². The molecule has 0 saturated carbocycles. The number of nitrogens with zero attached hydrogens (tertiary/aromatic N) is 1. The van der Waals surface area contributed by atoms with E-state index in [1.54, 1.807) is 42.6 Å². The second kappa shape index (κ2) is 6.95. The zero-order chi connectivity index (χ0) is 16.9. The Hall–Kier alpha value is -3.15. The number of hydrogen-bond donors (Lipinski definition) is 1. The monoisotopic (exact) mass is 326 g/mol. The summed E-state index contributed by atoms with van der Waals surface area (Å²) >= 11 is 0. The fraction of sp³-hybridized carbons (Fsp3) is 0.111. The quantitative estimate of drug-likeness (QED) is 0.784. The van der Waals surface area contributed by atoms with Crippen molar-refractivity contribution in [3.05, 3.63) is 94.0 Å². The van der Waals surface area contributed by atoms with Crippen LogP contribution in [-0.2, 0) is 13.1 Å². The van der Waals surface area contributed by atoms with E-state index in [2.05, 4.69) is 5.32 Å². The molecule has 1 aromatic carbocycles. The minimum atomic E-state index is -0.369. The molecule has 1 amide bonds. The van der Waals surface area contributed by atoms with Crippen molar-refractivity contribution in [1.29, 1.82) is 0 Å². The van der Waals surface area contributed by atoms with Gasteiger partial charge >= 0.3 is 0 Å². The summed E-state index contributed by atoms with van der Waals surface area (Å²) in [5, 5.41) is 2.70. The van der Waals surface area contributed by atoms with Gasteiger partial charge in [0.05, 0.1) is 6.54 Å². The summed E-state index contributed by atoms with van der Waals surface area (Å²) in [4.78, 5) is 23.7. The summed E-state index contributed by atoms with van der Waals surface area (Å²) < 4.78 is 19.8. The molecule has 2 aromatic heterocycles.